The van der Waals surface area contributed by atoms with Gasteiger partial charge in [0, 0.05) is 38.3 Å². The van der Waals surface area contributed by atoms with Crippen molar-refractivity contribution in [2.45, 2.75) is 98.1 Å². The SMILES string of the molecule is CCC(C)C(C(=O)NC(Cc1ccccc1)C(O)CN(Cc1ccc2c(c1)CCO2)NC(=O)C(NC(=O)OC)C(C)(C)C)N1CCN(Cc2cccc(C)n2)C1=O. The number of fused-ring (bicyclic) bond motifs is 1. The molecule has 5 amide bonds. The Morgan fingerprint density at radius 3 is 2.44 bits per heavy atom. The van der Waals surface area contributed by atoms with Gasteiger partial charge in [0.1, 0.15) is 17.8 Å². The van der Waals surface area contributed by atoms with E-state index in [1.165, 1.54) is 7.11 Å². The van der Waals surface area contributed by atoms with Gasteiger partial charge < -0.3 is 35.0 Å². The highest BCUT2D eigenvalue weighted by molar-refractivity contribution is 5.88. The molecule has 1 aromatic heterocycles. The fraction of sp³-hybridized carbons (Fsp3) is 0.512. The van der Waals surface area contributed by atoms with Gasteiger partial charge in [0.25, 0.3) is 5.91 Å². The number of carbonyl (C=O) groups is 4. The summed E-state index contributed by atoms with van der Waals surface area (Å²) in [7, 11) is 1.23. The zero-order chi connectivity index (χ0) is 41.3. The maximum Gasteiger partial charge on any atom is 0.407 e. The molecule has 2 aromatic carbocycles. The van der Waals surface area contributed by atoms with Gasteiger partial charge in [0.2, 0.25) is 5.91 Å². The van der Waals surface area contributed by atoms with Crippen LogP contribution in [0.5, 0.6) is 5.75 Å². The van der Waals surface area contributed by atoms with E-state index < -0.39 is 41.6 Å². The largest absolute Gasteiger partial charge is 0.493 e. The molecule has 1 saturated heterocycles. The zero-order valence-corrected chi connectivity index (χ0v) is 34.3. The lowest BCUT2D eigenvalue weighted by atomic mass is 9.86. The van der Waals surface area contributed by atoms with Gasteiger partial charge >= 0.3 is 12.1 Å². The molecule has 5 rings (SSSR count). The van der Waals surface area contributed by atoms with Gasteiger partial charge in [-0.25, -0.2) is 14.6 Å². The molecule has 0 aliphatic carbocycles. The standard InChI is InChI=1S/C43H59N7O7/c1-8-28(2)37(50-21-20-48(42(50)55)26-33-16-12-13-29(3)44-33)39(52)45-34(24-30-14-10-9-11-15-30)35(51)27-49(25-31-17-18-36-32(23-31)19-22-57-36)47-40(53)38(43(4,5)6)46-41(54)56-7/h9-18,23,28,34-35,37-38,51H,8,19-22,24-27H2,1-7H3,(H,45,52)(H,46,54)(H,47,53). The number of aliphatic hydroxyl groups is 1. The van der Waals surface area contributed by atoms with Crippen molar-refractivity contribution < 1.29 is 33.8 Å². The number of nitrogens with zero attached hydrogens (tertiary/aromatic N) is 4. The van der Waals surface area contributed by atoms with Crippen molar-refractivity contribution in [3.8, 4) is 5.75 Å². The molecule has 0 bridgehead atoms. The first-order valence-corrected chi connectivity index (χ1v) is 19.8. The van der Waals surface area contributed by atoms with Crippen molar-refractivity contribution in [2.24, 2.45) is 11.3 Å². The van der Waals surface area contributed by atoms with Crippen LogP contribution in [0.15, 0.2) is 66.7 Å². The highest BCUT2D eigenvalue weighted by Gasteiger charge is 2.41. The number of hydrogen-bond donors (Lipinski definition) is 4. The third-order valence-corrected chi connectivity index (χ3v) is 10.7. The molecule has 2 aliphatic heterocycles. The van der Waals surface area contributed by atoms with E-state index >= 15 is 0 Å². The highest BCUT2D eigenvalue weighted by atomic mass is 16.5. The molecule has 14 nitrogen and oxygen atoms in total. The van der Waals surface area contributed by atoms with Crippen molar-refractivity contribution in [2.75, 3.05) is 33.4 Å². The second-order valence-electron chi connectivity index (χ2n) is 16.2. The predicted molar refractivity (Wildman–Crippen MR) is 216 cm³/mol. The summed E-state index contributed by atoms with van der Waals surface area (Å²) in [6.07, 6.45) is -0.247. The zero-order valence-electron chi connectivity index (χ0n) is 34.3. The molecule has 5 unspecified atom stereocenters. The molecule has 5 atom stereocenters. The fourth-order valence-corrected chi connectivity index (χ4v) is 7.37. The lowest BCUT2D eigenvalue weighted by Crippen LogP contribution is -2.60. The smallest absolute Gasteiger partial charge is 0.407 e. The molecular weight excluding hydrogens is 727 g/mol. The van der Waals surface area contributed by atoms with Crippen LogP contribution in [0.4, 0.5) is 9.59 Å². The number of amides is 5. The summed E-state index contributed by atoms with van der Waals surface area (Å²) in [5.41, 5.74) is 6.72. The molecule has 2 aliphatic rings. The summed E-state index contributed by atoms with van der Waals surface area (Å²) in [6.45, 7) is 13.2. The topological polar surface area (TPSA) is 166 Å². The maximum absolute atomic E-state index is 14.5. The van der Waals surface area contributed by atoms with Crippen LogP contribution in [0.1, 0.15) is 69.1 Å². The van der Waals surface area contributed by atoms with Gasteiger partial charge in [-0.2, -0.15) is 0 Å². The predicted octanol–water partition coefficient (Wildman–Crippen LogP) is 4.37. The molecule has 14 heteroatoms. The van der Waals surface area contributed by atoms with Gasteiger partial charge in [0.15, 0.2) is 0 Å². The second kappa shape index (κ2) is 19.3. The van der Waals surface area contributed by atoms with Crippen LogP contribution in [-0.2, 0) is 40.3 Å². The number of ether oxygens (including phenoxy) is 2. The summed E-state index contributed by atoms with van der Waals surface area (Å²) in [6, 6.07) is 18.3. The monoisotopic (exact) mass is 785 g/mol. The molecule has 0 saturated carbocycles. The maximum atomic E-state index is 14.5. The van der Waals surface area contributed by atoms with Gasteiger partial charge in [-0.15, -0.1) is 0 Å². The number of nitrogens with one attached hydrogen (secondary N) is 3. The first-order valence-electron chi connectivity index (χ1n) is 19.8. The normalized spacial score (nSPS) is 16.6. The Morgan fingerprint density at radius 2 is 1.75 bits per heavy atom. The van der Waals surface area contributed by atoms with Gasteiger partial charge in [-0.3, -0.25) is 20.0 Å². The Kier molecular flexibility index (Phi) is 14.5. The molecule has 0 radical (unpaired) electrons. The Morgan fingerprint density at radius 1 is 1.00 bits per heavy atom. The van der Waals surface area contributed by atoms with E-state index in [9.17, 15) is 24.3 Å². The number of pyridine rings is 1. The molecular formula is C43H59N7O7. The molecule has 308 valence electrons. The summed E-state index contributed by atoms with van der Waals surface area (Å²) < 4.78 is 10.5. The van der Waals surface area contributed by atoms with Crippen LogP contribution >= 0.6 is 0 Å². The van der Waals surface area contributed by atoms with Crippen molar-refractivity contribution in [3.63, 3.8) is 0 Å². The number of hydrogen-bond acceptors (Lipinski definition) is 9. The van der Waals surface area contributed by atoms with Gasteiger partial charge in [-0.05, 0) is 59.6 Å². The second-order valence-corrected chi connectivity index (χ2v) is 16.2. The Hall–Kier alpha value is -5.21. The van der Waals surface area contributed by atoms with Crippen LogP contribution < -0.4 is 20.8 Å². The van der Waals surface area contributed by atoms with Crippen molar-refractivity contribution in [3.05, 3.63) is 94.8 Å². The van der Waals surface area contributed by atoms with E-state index in [1.54, 1.807) is 14.8 Å². The Bertz CT molecular complexity index is 1850. The van der Waals surface area contributed by atoms with Crippen molar-refractivity contribution >= 4 is 23.9 Å². The molecule has 4 N–H and O–H groups in total. The Labute approximate surface area is 336 Å². The van der Waals surface area contributed by atoms with Crippen LogP contribution in [-0.4, -0.2) is 106 Å². The van der Waals surface area contributed by atoms with E-state index in [0.717, 1.165) is 40.2 Å². The summed E-state index contributed by atoms with van der Waals surface area (Å²) >= 11 is 0. The molecule has 0 spiro atoms. The number of aryl methyl sites for hydroxylation is 1. The highest BCUT2D eigenvalue weighted by Crippen LogP contribution is 2.27. The van der Waals surface area contributed by atoms with E-state index in [0.29, 0.717) is 32.7 Å². The third kappa shape index (κ3) is 11.4. The molecule has 57 heavy (non-hydrogen) atoms. The van der Waals surface area contributed by atoms with Gasteiger partial charge in [0.05, 0.1) is 38.1 Å². The first kappa shape index (κ1) is 42.9. The van der Waals surface area contributed by atoms with E-state index in [4.69, 9.17) is 9.47 Å². The number of benzene rings is 2. The number of methoxy groups -OCH3 is 1. The van der Waals surface area contributed by atoms with Crippen LogP contribution in [0, 0.1) is 18.3 Å². The molecule has 3 aromatic rings. The van der Waals surface area contributed by atoms with Crippen molar-refractivity contribution in [1.29, 1.82) is 0 Å². The number of rotatable bonds is 17. The summed E-state index contributed by atoms with van der Waals surface area (Å²) in [5.74, 6) is -0.227. The van der Waals surface area contributed by atoms with E-state index in [2.05, 4.69) is 21.0 Å². The number of hydrazine groups is 1. The van der Waals surface area contributed by atoms with Crippen LogP contribution in [0.3, 0.4) is 0 Å². The summed E-state index contributed by atoms with van der Waals surface area (Å²) in [5, 5.41) is 19.5. The molecule has 1 fully saturated rings. The lowest BCUT2D eigenvalue weighted by molar-refractivity contribution is -0.132. The summed E-state index contributed by atoms with van der Waals surface area (Å²) in [4.78, 5) is 62.5. The first-order chi connectivity index (χ1) is 27.2. The fourth-order valence-electron chi connectivity index (χ4n) is 7.37. The van der Waals surface area contributed by atoms with Crippen LogP contribution in [0.2, 0.25) is 0 Å². The number of alkyl carbamates (subject to hydrolysis) is 1. The van der Waals surface area contributed by atoms with Crippen LogP contribution in [0.25, 0.3) is 0 Å². The minimum absolute atomic E-state index is 0.0832. The minimum atomic E-state index is -1.19. The number of aliphatic hydroxyl groups excluding tert-OH is 1. The quantitative estimate of drug-likeness (QED) is 0.146. The number of aromatic nitrogens is 1. The molecule has 3 heterocycles. The van der Waals surface area contributed by atoms with E-state index in [-0.39, 0.29) is 37.4 Å². The Balaban J connectivity index is 1.40. The third-order valence-electron chi connectivity index (χ3n) is 10.7. The number of urea groups is 1. The van der Waals surface area contributed by atoms with Gasteiger partial charge in [-0.1, -0.05) is 89.6 Å². The number of carbonyl (C=O) groups excluding carboxylic acids is 4. The van der Waals surface area contributed by atoms with Crippen molar-refractivity contribution in [1.82, 2.24) is 35.9 Å². The minimum Gasteiger partial charge on any atom is -0.493 e. The average Bonchev–Trinajstić information content (AvgIpc) is 3.79. The lowest BCUT2D eigenvalue weighted by Gasteiger charge is -2.36. The average molecular weight is 786 g/mol. The van der Waals surface area contributed by atoms with E-state index in [1.807, 2.05) is 108 Å².